The molecule has 1 aromatic rings. The van der Waals surface area contributed by atoms with Gasteiger partial charge in [-0.2, -0.15) is 0 Å². The highest BCUT2D eigenvalue weighted by Gasteiger charge is 2.23. The van der Waals surface area contributed by atoms with Crippen LogP contribution < -0.4 is 5.32 Å². The molecule has 2 heterocycles. The number of thiazole rings is 1. The number of nitrogens with one attached hydrogen (secondary N) is 1. The van der Waals surface area contributed by atoms with Crippen molar-refractivity contribution >= 4 is 17.2 Å². The van der Waals surface area contributed by atoms with Crippen LogP contribution in [0.1, 0.15) is 22.3 Å². The Morgan fingerprint density at radius 1 is 1.73 bits per heavy atom. The Kier molecular flexibility index (Phi) is 3.02. The number of hydrogen-bond acceptors (Lipinski definition) is 4. The molecule has 1 aliphatic rings. The summed E-state index contributed by atoms with van der Waals surface area (Å²) >= 11 is 1.43. The van der Waals surface area contributed by atoms with Crippen molar-refractivity contribution in [1.82, 2.24) is 15.2 Å². The van der Waals surface area contributed by atoms with E-state index in [1.807, 2.05) is 11.8 Å². The van der Waals surface area contributed by atoms with Gasteiger partial charge in [-0.15, -0.1) is 11.3 Å². The number of hydrogen-bond donors (Lipinski definition) is 1. The highest BCUT2D eigenvalue weighted by Crippen LogP contribution is 2.15. The predicted molar refractivity (Wildman–Crippen MR) is 60.2 cm³/mol. The topological polar surface area (TPSA) is 45.2 Å². The summed E-state index contributed by atoms with van der Waals surface area (Å²) in [4.78, 5) is 18.9. The molecule has 0 spiro atoms. The standard InChI is InChI=1S/C10H15N3OS/c1-7-5-13(4-3-11-7)10(14)9-8(2)12-6-15-9/h6-7,11H,3-5H2,1-2H3/t7-/m0/s1. The van der Waals surface area contributed by atoms with Crippen molar-refractivity contribution in [1.29, 1.82) is 0 Å². The van der Waals surface area contributed by atoms with Crippen LogP contribution >= 0.6 is 11.3 Å². The fourth-order valence-electron chi connectivity index (χ4n) is 1.77. The highest BCUT2D eigenvalue weighted by molar-refractivity contribution is 7.11. The Morgan fingerprint density at radius 3 is 3.13 bits per heavy atom. The van der Waals surface area contributed by atoms with Gasteiger partial charge in [-0.05, 0) is 13.8 Å². The van der Waals surface area contributed by atoms with Crippen LogP contribution in [0.15, 0.2) is 5.51 Å². The van der Waals surface area contributed by atoms with Crippen molar-refractivity contribution in [3.05, 3.63) is 16.1 Å². The van der Waals surface area contributed by atoms with Crippen molar-refractivity contribution in [3.8, 4) is 0 Å². The molecule has 0 aliphatic carbocycles. The van der Waals surface area contributed by atoms with Gasteiger partial charge in [0.2, 0.25) is 0 Å². The number of nitrogens with zero attached hydrogens (tertiary/aromatic N) is 2. The van der Waals surface area contributed by atoms with E-state index < -0.39 is 0 Å². The number of rotatable bonds is 1. The maximum atomic E-state index is 12.1. The lowest BCUT2D eigenvalue weighted by molar-refractivity contribution is 0.0713. The number of carbonyl (C=O) groups is 1. The van der Waals surface area contributed by atoms with Crippen LogP contribution in [0.2, 0.25) is 0 Å². The number of piperazine rings is 1. The van der Waals surface area contributed by atoms with E-state index in [1.54, 1.807) is 5.51 Å². The number of amides is 1. The van der Waals surface area contributed by atoms with E-state index in [0.29, 0.717) is 6.04 Å². The second-order valence-corrected chi connectivity index (χ2v) is 4.73. The van der Waals surface area contributed by atoms with Crippen LogP contribution in [0.25, 0.3) is 0 Å². The van der Waals surface area contributed by atoms with Crippen LogP contribution in [-0.4, -0.2) is 41.5 Å². The Balaban J connectivity index is 2.11. The molecule has 4 nitrogen and oxygen atoms in total. The van der Waals surface area contributed by atoms with E-state index in [-0.39, 0.29) is 5.91 Å². The van der Waals surface area contributed by atoms with Gasteiger partial charge >= 0.3 is 0 Å². The second-order valence-electron chi connectivity index (χ2n) is 3.87. The molecule has 5 heteroatoms. The van der Waals surface area contributed by atoms with Crippen molar-refractivity contribution < 1.29 is 4.79 Å². The molecule has 1 aliphatic heterocycles. The SMILES string of the molecule is Cc1ncsc1C(=O)N1CCN[C@@H](C)C1. The molecular formula is C10H15N3OS. The molecule has 0 radical (unpaired) electrons. The van der Waals surface area contributed by atoms with Gasteiger partial charge in [0, 0.05) is 25.7 Å². The van der Waals surface area contributed by atoms with Crippen LogP contribution in [0.3, 0.4) is 0 Å². The lowest BCUT2D eigenvalue weighted by Gasteiger charge is -2.31. The zero-order chi connectivity index (χ0) is 10.8. The number of carbonyl (C=O) groups excluding carboxylic acids is 1. The summed E-state index contributed by atoms with van der Waals surface area (Å²) in [6.07, 6.45) is 0. The average molecular weight is 225 g/mol. The van der Waals surface area contributed by atoms with E-state index in [4.69, 9.17) is 0 Å². The minimum absolute atomic E-state index is 0.128. The minimum atomic E-state index is 0.128. The fraction of sp³-hybridized carbons (Fsp3) is 0.600. The van der Waals surface area contributed by atoms with Crippen LogP contribution in [0, 0.1) is 6.92 Å². The Hall–Kier alpha value is -0.940. The van der Waals surface area contributed by atoms with Crippen molar-refractivity contribution in [2.45, 2.75) is 19.9 Å². The van der Waals surface area contributed by atoms with Crippen molar-refractivity contribution in [3.63, 3.8) is 0 Å². The van der Waals surface area contributed by atoms with E-state index in [2.05, 4.69) is 17.2 Å². The maximum absolute atomic E-state index is 12.1. The summed E-state index contributed by atoms with van der Waals surface area (Å²) in [6, 6.07) is 0.385. The molecule has 15 heavy (non-hydrogen) atoms. The molecular weight excluding hydrogens is 210 g/mol. The monoisotopic (exact) mass is 225 g/mol. The summed E-state index contributed by atoms with van der Waals surface area (Å²) < 4.78 is 0. The van der Waals surface area contributed by atoms with Crippen LogP contribution in [0.5, 0.6) is 0 Å². The lowest BCUT2D eigenvalue weighted by Crippen LogP contribution is -2.51. The third-order valence-electron chi connectivity index (χ3n) is 2.60. The first-order chi connectivity index (χ1) is 7.18. The highest BCUT2D eigenvalue weighted by atomic mass is 32.1. The largest absolute Gasteiger partial charge is 0.335 e. The predicted octanol–water partition coefficient (Wildman–Crippen LogP) is 0.885. The van der Waals surface area contributed by atoms with Gasteiger partial charge in [-0.25, -0.2) is 4.98 Å². The first-order valence-electron chi connectivity index (χ1n) is 5.11. The van der Waals surface area contributed by atoms with E-state index >= 15 is 0 Å². The molecule has 0 aromatic carbocycles. The molecule has 0 saturated carbocycles. The molecule has 2 rings (SSSR count). The number of aromatic nitrogens is 1. The summed E-state index contributed by atoms with van der Waals surface area (Å²) in [6.45, 7) is 6.44. The van der Waals surface area contributed by atoms with Gasteiger partial charge in [-0.3, -0.25) is 4.79 Å². The zero-order valence-electron chi connectivity index (χ0n) is 8.99. The molecule has 0 unspecified atom stereocenters. The zero-order valence-corrected chi connectivity index (χ0v) is 9.80. The van der Waals surface area contributed by atoms with Gasteiger partial charge in [-0.1, -0.05) is 0 Å². The molecule has 1 N–H and O–H groups in total. The Labute approximate surface area is 93.3 Å². The maximum Gasteiger partial charge on any atom is 0.265 e. The Bertz CT molecular complexity index is 363. The number of aryl methyl sites for hydroxylation is 1. The second kappa shape index (κ2) is 4.28. The molecule has 1 aromatic heterocycles. The molecule has 1 fully saturated rings. The molecule has 0 bridgehead atoms. The van der Waals surface area contributed by atoms with E-state index in [1.165, 1.54) is 11.3 Å². The summed E-state index contributed by atoms with van der Waals surface area (Å²) in [5, 5.41) is 3.32. The lowest BCUT2D eigenvalue weighted by atomic mass is 10.2. The van der Waals surface area contributed by atoms with Gasteiger partial charge in [0.15, 0.2) is 0 Å². The van der Waals surface area contributed by atoms with Gasteiger partial charge in [0.1, 0.15) is 4.88 Å². The summed E-state index contributed by atoms with van der Waals surface area (Å²) in [5.74, 6) is 0.128. The Morgan fingerprint density at radius 2 is 2.53 bits per heavy atom. The fourth-order valence-corrected chi connectivity index (χ4v) is 2.54. The summed E-state index contributed by atoms with van der Waals surface area (Å²) in [7, 11) is 0. The van der Waals surface area contributed by atoms with Gasteiger partial charge in [0.05, 0.1) is 11.2 Å². The van der Waals surface area contributed by atoms with E-state index in [9.17, 15) is 4.79 Å². The van der Waals surface area contributed by atoms with Gasteiger partial charge in [0.25, 0.3) is 5.91 Å². The normalized spacial score (nSPS) is 21.7. The van der Waals surface area contributed by atoms with E-state index in [0.717, 1.165) is 30.2 Å². The van der Waals surface area contributed by atoms with Gasteiger partial charge < -0.3 is 10.2 Å². The van der Waals surface area contributed by atoms with Crippen LogP contribution in [-0.2, 0) is 0 Å². The van der Waals surface area contributed by atoms with Crippen molar-refractivity contribution in [2.75, 3.05) is 19.6 Å². The molecule has 1 atom stereocenters. The quantitative estimate of drug-likeness (QED) is 0.772. The first kappa shape index (κ1) is 10.6. The van der Waals surface area contributed by atoms with Crippen molar-refractivity contribution in [2.24, 2.45) is 0 Å². The third kappa shape index (κ3) is 2.18. The molecule has 1 saturated heterocycles. The minimum Gasteiger partial charge on any atom is -0.335 e. The smallest absolute Gasteiger partial charge is 0.265 e. The first-order valence-corrected chi connectivity index (χ1v) is 5.99. The average Bonchev–Trinajstić information content (AvgIpc) is 2.63. The molecule has 1 amide bonds. The van der Waals surface area contributed by atoms with Crippen LogP contribution in [0.4, 0.5) is 0 Å². The third-order valence-corrected chi connectivity index (χ3v) is 3.51. The summed E-state index contributed by atoms with van der Waals surface area (Å²) in [5.41, 5.74) is 2.57. The molecule has 82 valence electrons.